The fraction of sp³-hybridized carbons (Fsp3) is 0.333. The maximum Gasteiger partial charge on any atom is 0.327 e. The number of amides is 2. The number of rotatable bonds is 5. The van der Waals surface area contributed by atoms with E-state index >= 15 is 0 Å². The summed E-state index contributed by atoms with van der Waals surface area (Å²) in [5.41, 5.74) is 4.07. The molecule has 2 amide bonds. The van der Waals surface area contributed by atoms with E-state index in [4.69, 9.17) is 0 Å². The lowest BCUT2D eigenvalue weighted by Gasteiger charge is -2.50. The van der Waals surface area contributed by atoms with E-state index < -0.39 is 11.4 Å². The monoisotopic (exact) mass is 537 g/mol. The molecular weight excluding hydrogens is 504 g/mol. The van der Waals surface area contributed by atoms with Crippen LogP contribution in [0.25, 0.3) is 22.5 Å². The fourth-order valence-electron chi connectivity index (χ4n) is 6.37. The topological polar surface area (TPSA) is 90.0 Å². The van der Waals surface area contributed by atoms with Gasteiger partial charge in [-0.05, 0) is 64.6 Å². The lowest BCUT2D eigenvalue weighted by atomic mass is 9.73. The first-order valence-electron chi connectivity index (χ1n) is 14.0. The summed E-state index contributed by atoms with van der Waals surface area (Å²) in [6, 6.07) is 20.5. The van der Waals surface area contributed by atoms with Crippen molar-refractivity contribution in [3.8, 4) is 22.5 Å². The van der Waals surface area contributed by atoms with Crippen molar-refractivity contribution >= 4 is 30.9 Å². The molecule has 10 heteroatoms. The Hall–Kier alpha value is -4.21. The van der Waals surface area contributed by atoms with E-state index in [0.717, 1.165) is 40.9 Å². The van der Waals surface area contributed by atoms with Crippen LogP contribution in [-0.2, 0) is 0 Å². The van der Waals surface area contributed by atoms with E-state index in [1.54, 1.807) is 18.2 Å². The molecule has 2 aliphatic rings. The number of aromatic amines is 1. The van der Waals surface area contributed by atoms with E-state index in [9.17, 15) is 9.18 Å². The van der Waals surface area contributed by atoms with Gasteiger partial charge >= 0.3 is 6.03 Å². The van der Waals surface area contributed by atoms with Gasteiger partial charge in [0.25, 0.3) is 0 Å². The van der Waals surface area contributed by atoms with E-state index in [2.05, 4.69) is 70.7 Å². The van der Waals surface area contributed by atoms with E-state index in [0.29, 0.717) is 11.9 Å². The number of halogens is 1. The Balaban J connectivity index is 1.51. The Labute approximate surface area is 234 Å². The molecule has 1 unspecified atom stereocenters. The molecule has 6 rings (SSSR count). The van der Waals surface area contributed by atoms with Crippen LogP contribution in [0.15, 0.2) is 66.7 Å². The number of H-pyrrole nitrogens is 1. The van der Waals surface area contributed by atoms with Crippen LogP contribution in [0.4, 0.5) is 26.2 Å². The van der Waals surface area contributed by atoms with Gasteiger partial charge in [0, 0.05) is 11.6 Å². The van der Waals surface area contributed by atoms with Crippen molar-refractivity contribution in [2.45, 2.75) is 57.6 Å². The Morgan fingerprint density at radius 3 is 2.45 bits per heavy atom. The van der Waals surface area contributed by atoms with E-state index in [1.807, 2.05) is 29.2 Å². The molecule has 1 aromatic heterocycles. The molecule has 0 bridgehead atoms. The van der Waals surface area contributed by atoms with Crippen molar-refractivity contribution in [3.63, 3.8) is 0 Å². The highest BCUT2D eigenvalue weighted by molar-refractivity contribution is 6.26. The molecule has 0 spiro atoms. The predicted molar refractivity (Wildman–Crippen MR) is 158 cm³/mol. The zero-order valence-electron chi connectivity index (χ0n) is 23.1. The molecule has 1 aliphatic heterocycles. The Kier molecular flexibility index (Phi) is 6.77. The van der Waals surface area contributed by atoms with Crippen LogP contribution in [0, 0.1) is 11.7 Å². The van der Waals surface area contributed by atoms with Crippen LogP contribution in [0.2, 0.25) is 0 Å². The summed E-state index contributed by atoms with van der Waals surface area (Å²) < 4.78 is 14.7. The Morgan fingerprint density at radius 1 is 1.02 bits per heavy atom. The largest absolute Gasteiger partial charge is 0.351 e. The van der Waals surface area contributed by atoms with Crippen molar-refractivity contribution in [1.29, 1.82) is 0 Å². The molecule has 0 radical (unpaired) electrons. The summed E-state index contributed by atoms with van der Waals surface area (Å²) in [6.45, 7) is 4.30. The normalized spacial score (nSPS) is 19.2. The number of fused-ring (bicyclic) bond motifs is 1. The fourth-order valence-corrected chi connectivity index (χ4v) is 6.37. The number of nitrogens with zero attached hydrogens (tertiary/aromatic N) is 5. The number of benzene rings is 3. The number of tetrazole rings is 1. The highest BCUT2D eigenvalue weighted by atomic mass is 19.1. The van der Waals surface area contributed by atoms with Crippen LogP contribution >= 0.6 is 0 Å². The van der Waals surface area contributed by atoms with Gasteiger partial charge in [0.15, 0.2) is 13.7 Å². The minimum Gasteiger partial charge on any atom is -0.351 e. The lowest BCUT2D eigenvalue weighted by Crippen LogP contribution is -2.66. The summed E-state index contributed by atoms with van der Waals surface area (Å²) in [6.07, 6.45) is 5.73. The SMILES string of the molecule is BC1(C(C)C)N(C(=O)Nc2ccccc2F)c2cc(-c3ccccc3-c3nnn[nH]3)ccc2N1C1CCCCC1. The molecule has 2 heterocycles. The van der Waals surface area contributed by atoms with Gasteiger partial charge in [0.1, 0.15) is 5.82 Å². The molecule has 8 nitrogen and oxygen atoms in total. The number of nitrogens with one attached hydrogen (secondary N) is 2. The number of hydrogen-bond acceptors (Lipinski definition) is 5. The van der Waals surface area contributed by atoms with Gasteiger partial charge in [-0.15, -0.1) is 5.10 Å². The second-order valence-corrected chi connectivity index (χ2v) is 11.2. The maximum atomic E-state index is 14.7. The van der Waals surface area contributed by atoms with Crippen molar-refractivity contribution in [2.24, 2.45) is 5.92 Å². The molecular formula is C30H33BFN7O. The molecule has 1 atom stereocenters. The van der Waals surface area contributed by atoms with Crippen molar-refractivity contribution < 1.29 is 9.18 Å². The van der Waals surface area contributed by atoms with Crippen molar-refractivity contribution in [3.05, 3.63) is 72.5 Å². The standard InChI is InChI=1S/C30H33BFN7O/c1-19(2)30(31)38(21-10-4-3-5-11-21)26-17-16-20(22-12-6-7-13-23(22)28-34-36-37-35-28)18-27(26)39(30)29(40)33-25-15-9-8-14-24(25)32/h6-9,12-19,21H,3-5,10-11,31H2,1-2H3,(H,33,40)(H,34,35,36,37). The average molecular weight is 537 g/mol. The quantitative estimate of drug-likeness (QED) is 0.314. The van der Waals surface area contributed by atoms with E-state index in [1.165, 1.54) is 25.3 Å². The molecule has 3 aromatic carbocycles. The Morgan fingerprint density at radius 2 is 1.75 bits per heavy atom. The van der Waals surface area contributed by atoms with Gasteiger partial charge in [0.05, 0.1) is 22.6 Å². The number of anilines is 3. The van der Waals surface area contributed by atoms with Crippen LogP contribution in [0.3, 0.4) is 0 Å². The molecule has 0 saturated heterocycles. The highest BCUT2D eigenvalue weighted by Crippen LogP contribution is 2.51. The van der Waals surface area contributed by atoms with Gasteiger partial charge in [0.2, 0.25) is 0 Å². The molecule has 1 saturated carbocycles. The van der Waals surface area contributed by atoms with Gasteiger partial charge in [-0.25, -0.2) is 14.3 Å². The molecule has 40 heavy (non-hydrogen) atoms. The van der Waals surface area contributed by atoms with Gasteiger partial charge in [-0.1, -0.05) is 75.6 Å². The minimum absolute atomic E-state index is 0.0872. The number of carbonyl (C=O) groups excluding carboxylic acids is 1. The second-order valence-electron chi connectivity index (χ2n) is 11.2. The maximum absolute atomic E-state index is 14.7. The lowest BCUT2D eigenvalue weighted by molar-refractivity contribution is 0.247. The summed E-state index contributed by atoms with van der Waals surface area (Å²) in [5, 5.41) is 17.4. The van der Waals surface area contributed by atoms with Crippen molar-refractivity contribution in [2.75, 3.05) is 15.1 Å². The van der Waals surface area contributed by atoms with Crippen LogP contribution < -0.4 is 15.1 Å². The summed E-state index contributed by atoms with van der Waals surface area (Å²) >= 11 is 0. The molecule has 204 valence electrons. The van der Waals surface area contributed by atoms with Crippen LogP contribution in [-0.4, -0.2) is 46.1 Å². The van der Waals surface area contributed by atoms with Gasteiger partial charge in [-0.3, -0.25) is 4.90 Å². The first-order valence-corrected chi connectivity index (χ1v) is 14.0. The summed E-state index contributed by atoms with van der Waals surface area (Å²) in [4.78, 5) is 18.5. The van der Waals surface area contributed by atoms with Crippen molar-refractivity contribution in [1.82, 2.24) is 20.6 Å². The number of aromatic nitrogens is 4. The van der Waals surface area contributed by atoms with Crippen LogP contribution in [0.1, 0.15) is 46.0 Å². The average Bonchev–Trinajstić information content (AvgIpc) is 3.59. The highest BCUT2D eigenvalue weighted by Gasteiger charge is 2.53. The molecule has 1 aliphatic carbocycles. The number of para-hydroxylation sites is 1. The van der Waals surface area contributed by atoms with Crippen LogP contribution in [0.5, 0.6) is 0 Å². The predicted octanol–water partition coefficient (Wildman–Crippen LogP) is 5.81. The number of urea groups is 1. The Bertz CT molecular complexity index is 1520. The zero-order valence-corrected chi connectivity index (χ0v) is 23.1. The third kappa shape index (κ3) is 4.31. The van der Waals surface area contributed by atoms with Gasteiger partial charge in [-0.2, -0.15) is 0 Å². The second kappa shape index (κ2) is 10.4. The molecule has 4 aromatic rings. The molecule has 1 fully saturated rings. The first-order chi connectivity index (χ1) is 19.4. The first kappa shape index (κ1) is 26.0. The third-order valence-corrected chi connectivity index (χ3v) is 8.61. The third-order valence-electron chi connectivity index (χ3n) is 8.61. The smallest absolute Gasteiger partial charge is 0.327 e. The number of hydrogen-bond donors (Lipinski definition) is 2. The van der Waals surface area contributed by atoms with Gasteiger partial charge < -0.3 is 10.2 Å². The zero-order chi connectivity index (χ0) is 27.9. The summed E-state index contributed by atoms with van der Waals surface area (Å²) in [5.74, 6) is 0.194. The number of carbonyl (C=O) groups is 1. The molecule has 2 N–H and O–H groups in total. The van der Waals surface area contributed by atoms with E-state index in [-0.39, 0.29) is 17.6 Å². The summed E-state index contributed by atoms with van der Waals surface area (Å²) in [7, 11) is 2.14. The minimum atomic E-state index is -0.660.